The Bertz CT molecular complexity index is 72.0. The van der Waals surface area contributed by atoms with Gasteiger partial charge in [0.05, 0.1) is 6.61 Å². The zero-order valence-corrected chi connectivity index (χ0v) is 7.85. The zero-order chi connectivity index (χ0) is 8.53. The van der Waals surface area contributed by atoms with Crippen molar-refractivity contribution in [2.24, 2.45) is 0 Å². The first kappa shape index (κ1) is 10.9. The molecule has 0 unspecified atom stereocenters. The molecule has 11 heavy (non-hydrogen) atoms. The second kappa shape index (κ2) is 8.02. The minimum Gasteiger partial charge on any atom is -0.236 e. The number of hydrogen-bond acceptors (Lipinski definition) is 2. The van der Waals surface area contributed by atoms with Crippen molar-refractivity contribution < 1.29 is 9.78 Å². The summed E-state index contributed by atoms with van der Waals surface area (Å²) in [6.45, 7) is 6.67. The van der Waals surface area contributed by atoms with Gasteiger partial charge in [-0.3, -0.25) is 0 Å². The summed E-state index contributed by atoms with van der Waals surface area (Å²) in [6.07, 6.45) is 5.75. The highest BCUT2D eigenvalue weighted by molar-refractivity contribution is 4.55. The van der Waals surface area contributed by atoms with Crippen LogP contribution in [-0.4, -0.2) is 6.61 Å². The monoisotopic (exact) mass is 159 g/mol. The molecule has 0 aliphatic rings. The lowest BCUT2D eigenvalue weighted by atomic mass is 10.2. The average Bonchev–Trinajstić information content (AvgIpc) is 1.96. The molecule has 0 atom stereocenters. The molecule has 2 heteroatoms. The van der Waals surface area contributed by atoms with E-state index >= 15 is 0 Å². The van der Waals surface area contributed by atoms with Crippen LogP contribution in [-0.2, 0) is 9.78 Å². The van der Waals surface area contributed by atoms with E-state index in [9.17, 15) is 0 Å². The Balaban J connectivity index is 2.80. The Morgan fingerprint density at radius 2 is 1.82 bits per heavy atom. The smallest absolute Gasteiger partial charge is 0.129 e. The third-order valence-electron chi connectivity index (χ3n) is 1.31. The first-order valence-electron chi connectivity index (χ1n) is 4.37. The molecule has 0 spiro atoms. The molecule has 0 amide bonds. The topological polar surface area (TPSA) is 18.5 Å². The summed E-state index contributed by atoms with van der Waals surface area (Å²) in [5, 5.41) is 0. The van der Waals surface area contributed by atoms with E-state index in [0.717, 1.165) is 12.5 Å². The molecule has 0 heterocycles. The van der Waals surface area contributed by atoms with Crippen LogP contribution in [0.4, 0.5) is 0 Å². The van der Waals surface area contributed by atoms with Crippen molar-refractivity contribution in [3.05, 3.63) is 6.10 Å². The van der Waals surface area contributed by atoms with Crippen molar-refractivity contribution in [2.75, 3.05) is 6.61 Å². The number of rotatable bonds is 7. The van der Waals surface area contributed by atoms with Crippen LogP contribution in [0, 0.1) is 6.10 Å². The van der Waals surface area contributed by atoms with Gasteiger partial charge in [-0.05, 0) is 20.3 Å². The van der Waals surface area contributed by atoms with Crippen molar-refractivity contribution in [3.63, 3.8) is 0 Å². The molecule has 0 aliphatic heterocycles. The highest BCUT2D eigenvalue weighted by Crippen LogP contribution is 2.02. The fourth-order valence-electron chi connectivity index (χ4n) is 0.747. The molecule has 0 fully saturated rings. The van der Waals surface area contributed by atoms with Crippen LogP contribution in [0.3, 0.4) is 0 Å². The highest BCUT2D eigenvalue weighted by Gasteiger charge is 1.94. The quantitative estimate of drug-likeness (QED) is 0.323. The predicted octanol–water partition coefficient (Wildman–Crippen LogP) is 3.09. The SMILES string of the molecule is CCCCCCOO[C](C)C. The summed E-state index contributed by atoms with van der Waals surface area (Å²) in [5.41, 5.74) is 0. The van der Waals surface area contributed by atoms with Crippen LogP contribution in [0.5, 0.6) is 0 Å². The highest BCUT2D eigenvalue weighted by atomic mass is 17.2. The molecule has 0 aromatic heterocycles. The van der Waals surface area contributed by atoms with Gasteiger partial charge in [0, 0.05) is 0 Å². The molecule has 0 saturated carbocycles. The molecule has 67 valence electrons. The fourth-order valence-corrected chi connectivity index (χ4v) is 0.747. The lowest BCUT2D eigenvalue weighted by Crippen LogP contribution is -1.98. The molecule has 0 bridgehead atoms. The molecule has 0 N–H and O–H groups in total. The van der Waals surface area contributed by atoms with Gasteiger partial charge in [0.15, 0.2) is 0 Å². The summed E-state index contributed by atoms with van der Waals surface area (Å²) in [6, 6.07) is 0. The van der Waals surface area contributed by atoms with Crippen molar-refractivity contribution in [2.45, 2.75) is 46.5 Å². The van der Waals surface area contributed by atoms with Gasteiger partial charge in [-0.2, -0.15) is 0 Å². The maximum Gasteiger partial charge on any atom is 0.129 e. The Labute approximate surface area is 69.8 Å². The minimum atomic E-state index is 0.713. The molecule has 2 nitrogen and oxygen atoms in total. The van der Waals surface area contributed by atoms with E-state index in [1.54, 1.807) is 0 Å². The minimum absolute atomic E-state index is 0.713. The second-order valence-electron chi connectivity index (χ2n) is 2.87. The first-order chi connectivity index (χ1) is 5.27. The van der Waals surface area contributed by atoms with Crippen LogP contribution in [0.15, 0.2) is 0 Å². The Kier molecular flexibility index (Phi) is 7.96. The molecular formula is C9H19O2. The van der Waals surface area contributed by atoms with Gasteiger partial charge in [0.25, 0.3) is 0 Å². The summed E-state index contributed by atoms with van der Waals surface area (Å²) in [7, 11) is 0. The van der Waals surface area contributed by atoms with Crippen molar-refractivity contribution in [1.82, 2.24) is 0 Å². The molecular weight excluding hydrogens is 140 g/mol. The van der Waals surface area contributed by atoms with E-state index in [2.05, 4.69) is 6.92 Å². The normalized spacial score (nSPS) is 10.9. The Morgan fingerprint density at radius 3 is 2.36 bits per heavy atom. The molecule has 0 aromatic rings. The van der Waals surface area contributed by atoms with Gasteiger partial charge in [-0.25, -0.2) is 9.78 Å². The van der Waals surface area contributed by atoms with E-state index in [1.165, 1.54) is 19.3 Å². The molecule has 0 aliphatic carbocycles. The average molecular weight is 159 g/mol. The fraction of sp³-hybridized carbons (Fsp3) is 0.889. The lowest BCUT2D eigenvalue weighted by molar-refractivity contribution is -0.284. The Morgan fingerprint density at radius 1 is 1.09 bits per heavy atom. The van der Waals surface area contributed by atoms with Crippen molar-refractivity contribution in [1.29, 1.82) is 0 Å². The van der Waals surface area contributed by atoms with Gasteiger partial charge in [0.2, 0.25) is 0 Å². The lowest BCUT2D eigenvalue weighted by Gasteiger charge is -2.04. The molecule has 1 radical (unpaired) electrons. The van der Waals surface area contributed by atoms with E-state index in [-0.39, 0.29) is 0 Å². The largest absolute Gasteiger partial charge is 0.236 e. The number of unbranched alkanes of at least 4 members (excludes halogenated alkanes) is 3. The predicted molar refractivity (Wildman–Crippen MR) is 45.8 cm³/mol. The third kappa shape index (κ3) is 9.92. The van der Waals surface area contributed by atoms with Crippen LogP contribution in [0.2, 0.25) is 0 Å². The summed E-state index contributed by atoms with van der Waals surface area (Å²) >= 11 is 0. The Hall–Kier alpha value is -0.0800. The van der Waals surface area contributed by atoms with E-state index < -0.39 is 0 Å². The molecule has 0 saturated heterocycles. The summed E-state index contributed by atoms with van der Waals surface area (Å²) in [4.78, 5) is 9.74. The van der Waals surface area contributed by atoms with Gasteiger partial charge in [-0.1, -0.05) is 26.2 Å². The standard InChI is InChI=1S/C9H19O2/c1-4-5-6-7-8-10-11-9(2)3/h4-8H2,1-3H3. The maximum absolute atomic E-state index is 4.90. The van der Waals surface area contributed by atoms with Gasteiger partial charge in [-0.15, -0.1) is 0 Å². The second-order valence-corrected chi connectivity index (χ2v) is 2.87. The van der Waals surface area contributed by atoms with Crippen LogP contribution >= 0.6 is 0 Å². The summed E-state index contributed by atoms with van der Waals surface area (Å²) < 4.78 is 0. The summed E-state index contributed by atoms with van der Waals surface area (Å²) in [5.74, 6) is 0. The van der Waals surface area contributed by atoms with Crippen molar-refractivity contribution in [3.8, 4) is 0 Å². The van der Waals surface area contributed by atoms with Crippen LogP contribution in [0.25, 0.3) is 0 Å². The molecule has 0 aromatic carbocycles. The van der Waals surface area contributed by atoms with Gasteiger partial charge < -0.3 is 0 Å². The van der Waals surface area contributed by atoms with E-state index in [1.807, 2.05) is 13.8 Å². The zero-order valence-electron chi connectivity index (χ0n) is 7.85. The number of hydrogen-bond donors (Lipinski definition) is 0. The van der Waals surface area contributed by atoms with Crippen molar-refractivity contribution >= 4 is 0 Å². The van der Waals surface area contributed by atoms with E-state index in [4.69, 9.17) is 9.78 Å². The third-order valence-corrected chi connectivity index (χ3v) is 1.31. The van der Waals surface area contributed by atoms with Gasteiger partial charge >= 0.3 is 0 Å². The van der Waals surface area contributed by atoms with Crippen LogP contribution in [0.1, 0.15) is 46.5 Å². The van der Waals surface area contributed by atoms with Crippen LogP contribution < -0.4 is 0 Å². The van der Waals surface area contributed by atoms with E-state index in [0.29, 0.717) is 6.61 Å². The molecule has 0 rings (SSSR count). The maximum atomic E-state index is 4.90. The van der Waals surface area contributed by atoms with Gasteiger partial charge in [0.1, 0.15) is 6.10 Å². The first-order valence-corrected chi connectivity index (χ1v) is 4.37.